The van der Waals surface area contributed by atoms with Crippen LogP contribution in [-0.4, -0.2) is 20.9 Å². The van der Waals surface area contributed by atoms with Crippen LogP contribution in [0.15, 0.2) is 12.4 Å². The predicted octanol–water partition coefficient (Wildman–Crippen LogP) is 1.45. The van der Waals surface area contributed by atoms with Gasteiger partial charge < -0.3 is 5.32 Å². The molecular formula is C9H14BrN3O. The van der Waals surface area contributed by atoms with Crippen molar-refractivity contribution in [2.24, 2.45) is 5.92 Å². The van der Waals surface area contributed by atoms with E-state index >= 15 is 0 Å². The third-order valence-electron chi connectivity index (χ3n) is 1.86. The van der Waals surface area contributed by atoms with Gasteiger partial charge in [-0.1, -0.05) is 29.8 Å². The largest absolute Gasteiger partial charge is 0.351 e. The molecule has 0 aromatic carbocycles. The summed E-state index contributed by atoms with van der Waals surface area (Å²) in [7, 11) is 0. The number of amides is 1. The van der Waals surface area contributed by atoms with E-state index in [4.69, 9.17) is 0 Å². The first-order chi connectivity index (χ1) is 6.61. The Labute approximate surface area is 91.6 Å². The zero-order valence-corrected chi connectivity index (χ0v) is 9.84. The molecular weight excluding hydrogens is 246 g/mol. The zero-order valence-electron chi connectivity index (χ0n) is 8.25. The molecule has 0 radical (unpaired) electrons. The summed E-state index contributed by atoms with van der Waals surface area (Å²) in [6.07, 6.45) is 3.46. The van der Waals surface area contributed by atoms with Gasteiger partial charge in [0.25, 0.3) is 0 Å². The Morgan fingerprint density at radius 1 is 1.71 bits per heavy atom. The van der Waals surface area contributed by atoms with E-state index in [-0.39, 0.29) is 10.7 Å². The van der Waals surface area contributed by atoms with Crippen LogP contribution in [0.2, 0.25) is 0 Å². The van der Waals surface area contributed by atoms with Crippen LogP contribution in [0.5, 0.6) is 0 Å². The number of H-pyrrole nitrogens is 1. The number of nitrogens with zero attached hydrogens (tertiary/aromatic N) is 1. The van der Waals surface area contributed by atoms with Crippen molar-refractivity contribution in [3.05, 3.63) is 18.0 Å². The number of aromatic amines is 1. The highest BCUT2D eigenvalue weighted by Crippen LogP contribution is 2.11. The average Bonchev–Trinajstić information content (AvgIpc) is 2.65. The fourth-order valence-corrected chi connectivity index (χ4v) is 1.13. The molecule has 0 saturated heterocycles. The van der Waals surface area contributed by atoms with Gasteiger partial charge in [-0.05, 0) is 5.92 Å². The Morgan fingerprint density at radius 2 is 2.43 bits per heavy atom. The molecule has 1 aromatic heterocycles. The van der Waals surface area contributed by atoms with Crippen molar-refractivity contribution in [1.82, 2.24) is 15.5 Å². The molecule has 0 aliphatic carbocycles. The van der Waals surface area contributed by atoms with Crippen molar-refractivity contribution >= 4 is 21.8 Å². The number of halogens is 1. The van der Waals surface area contributed by atoms with Gasteiger partial charge in [0, 0.05) is 18.3 Å². The summed E-state index contributed by atoms with van der Waals surface area (Å²) in [5, 5.41) is 9.30. The first-order valence-electron chi connectivity index (χ1n) is 4.50. The Bertz CT molecular complexity index is 284. The van der Waals surface area contributed by atoms with Crippen molar-refractivity contribution in [3.8, 4) is 0 Å². The zero-order chi connectivity index (χ0) is 10.6. The highest BCUT2D eigenvalue weighted by Gasteiger charge is 2.17. The number of rotatable bonds is 4. The number of alkyl halides is 1. The number of hydrogen-bond donors (Lipinski definition) is 2. The van der Waals surface area contributed by atoms with Crippen molar-refractivity contribution in [2.45, 2.75) is 25.2 Å². The van der Waals surface area contributed by atoms with E-state index in [1.54, 1.807) is 12.4 Å². The standard InChI is InChI=1S/C9H14BrN3O/c1-6(2)8(10)9(14)11-3-7-4-12-13-5-7/h4-6,8H,3H2,1-2H3,(H,11,14)(H,12,13). The monoisotopic (exact) mass is 259 g/mol. The van der Waals surface area contributed by atoms with Crippen molar-refractivity contribution in [1.29, 1.82) is 0 Å². The van der Waals surface area contributed by atoms with Crippen molar-refractivity contribution < 1.29 is 4.79 Å². The van der Waals surface area contributed by atoms with Gasteiger partial charge in [-0.15, -0.1) is 0 Å². The summed E-state index contributed by atoms with van der Waals surface area (Å²) in [6.45, 7) is 4.51. The molecule has 0 spiro atoms. The molecule has 1 unspecified atom stereocenters. The lowest BCUT2D eigenvalue weighted by Crippen LogP contribution is -2.33. The summed E-state index contributed by atoms with van der Waals surface area (Å²) >= 11 is 3.34. The lowest BCUT2D eigenvalue weighted by Gasteiger charge is -2.12. The number of hydrogen-bond acceptors (Lipinski definition) is 2. The molecule has 1 heterocycles. The topological polar surface area (TPSA) is 57.8 Å². The quantitative estimate of drug-likeness (QED) is 0.805. The normalized spacial score (nSPS) is 12.9. The van der Waals surface area contributed by atoms with Crippen LogP contribution < -0.4 is 5.32 Å². The Kier molecular flexibility index (Phi) is 4.13. The Hall–Kier alpha value is -0.840. The first-order valence-corrected chi connectivity index (χ1v) is 5.42. The minimum Gasteiger partial charge on any atom is -0.351 e. The van der Waals surface area contributed by atoms with Crippen LogP contribution in [0.3, 0.4) is 0 Å². The van der Waals surface area contributed by atoms with E-state index in [1.807, 2.05) is 13.8 Å². The lowest BCUT2D eigenvalue weighted by molar-refractivity contribution is -0.121. The average molecular weight is 260 g/mol. The molecule has 14 heavy (non-hydrogen) atoms. The SMILES string of the molecule is CC(C)C(Br)C(=O)NCc1cn[nH]c1. The van der Waals surface area contributed by atoms with Gasteiger partial charge in [0.05, 0.1) is 11.0 Å². The number of nitrogens with one attached hydrogen (secondary N) is 2. The van der Waals surface area contributed by atoms with Gasteiger partial charge in [0.15, 0.2) is 0 Å². The van der Waals surface area contributed by atoms with Gasteiger partial charge in [0.1, 0.15) is 0 Å². The van der Waals surface area contributed by atoms with Gasteiger partial charge >= 0.3 is 0 Å². The van der Waals surface area contributed by atoms with Gasteiger partial charge in [-0.25, -0.2) is 0 Å². The smallest absolute Gasteiger partial charge is 0.234 e. The summed E-state index contributed by atoms with van der Waals surface area (Å²) in [6, 6.07) is 0. The molecule has 0 aliphatic heterocycles. The second-order valence-electron chi connectivity index (χ2n) is 3.47. The van der Waals surface area contributed by atoms with Gasteiger partial charge in [0.2, 0.25) is 5.91 Å². The maximum absolute atomic E-state index is 11.5. The molecule has 1 rings (SSSR count). The number of carbonyl (C=O) groups excluding carboxylic acids is 1. The molecule has 1 aromatic rings. The maximum atomic E-state index is 11.5. The highest BCUT2D eigenvalue weighted by molar-refractivity contribution is 9.10. The van der Waals surface area contributed by atoms with Crippen molar-refractivity contribution in [2.75, 3.05) is 0 Å². The maximum Gasteiger partial charge on any atom is 0.234 e. The summed E-state index contributed by atoms with van der Waals surface area (Å²) in [5.41, 5.74) is 0.974. The van der Waals surface area contributed by atoms with E-state index in [1.165, 1.54) is 0 Å². The Morgan fingerprint density at radius 3 is 2.93 bits per heavy atom. The second kappa shape index (κ2) is 5.14. The summed E-state index contributed by atoms with van der Waals surface area (Å²) in [4.78, 5) is 11.4. The van der Waals surface area contributed by atoms with Crippen LogP contribution in [-0.2, 0) is 11.3 Å². The minimum atomic E-state index is -0.130. The van der Waals surface area contributed by atoms with Crippen LogP contribution in [0.4, 0.5) is 0 Å². The summed E-state index contributed by atoms with van der Waals surface area (Å²) in [5.74, 6) is 0.306. The molecule has 0 aliphatic rings. The van der Waals surface area contributed by atoms with Crippen LogP contribution in [0.25, 0.3) is 0 Å². The van der Waals surface area contributed by atoms with Crippen molar-refractivity contribution in [3.63, 3.8) is 0 Å². The fraction of sp³-hybridized carbons (Fsp3) is 0.556. The lowest BCUT2D eigenvalue weighted by atomic mass is 10.1. The third kappa shape index (κ3) is 3.14. The molecule has 5 heteroatoms. The number of aromatic nitrogens is 2. The predicted molar refractivity (Wildman–Crippen MR) is 58.0 cm³/mol. The Balaban J connectivity index is 2.35. The molecule has 1 amide bonds. The van der Waals surface area contributed by atoms with E-state index in [2.05, 4.69) is 31.4 Å². The highest BCUT2D eigenvalue weighted by atomic mass is 79.9. The fourth-order valence-electron chi connectivity index (χ4n) is 0.964. The van der Waals surface area contributed by atoms with E-state index in [0.717, 1.165) is 5.56 Å². The van der Waals surface area contributed by atoms with E-state index in [9.17, 15) is 4.79 Å². The molecule has 4 nitrogen and oxygen atoms in total. The van der Waals surface area contributed by atoms with Crippen LogP contribution in [0.1, 0.15) is 19.4 Å². The molecule has 2 N–H and O–H groups in total. The molecule has 0 fully saturated rings. The van der Waals surface area contributed by atoms with Crippen LogP contribution in [0, 0.1) is 5.92 Å². The van der Waals surface area contributed by atoms with Gasteiger partial charge in [-0.2, -0.15) is 5.10 Å². The third-order valence-corrected chi connectivity index (χ3v) is 3.33. The van der Waals surface area contributed by atoms with E-state index in [0.29, 0.717) is 12.5 Å². The van der Waals surface area contributed by atoms with Crippen LogP contribution >= 0.6 is 15.9 Å². The molecule has 1 atom stereocenters. The number of carbonyl (C=O) groups is 1. The minimum absolute atomic E-state index is 0.0150. The summed E-state index contributed by atoms with van der Waals surface area (Å²) < 4.78 is 0. The van der Waals surface area contributed by atoms with E-state index < -0.39 is 0 Å². The molecule has 0 bridgehead atoms. The first kappa shape index (κ1) is 11.2. The molecule has 0 saturated carbocycles. The molecule has 78 valence electrons. The second-order valence-corrected chi connectivity index (χ2v) is 4.46. The van der Waals surface area contributed by atoms with Gasteiger partial charge in [-0.3, -0.25) is 9.89 Å².